The van der Waals surface area contributed by atoms with Crippen molar-refractivity contribution in [1.82, 2.24) is 0 Å². The molecule has 15 heavy (non-hydrogen) atoms. The molecular weight excluding hydrogens is 222 g/mol. The summed E-state index contributed by atoms with van der Waals surface area (Å²) in [5.41, 5.74) is 2.65. The predicted octanol–water partition coefficient (Wildman–Crippen LogP) is 3.48. The van der Waals surface area contributed by atoms with E-state index >= 15 is 0 Å². The Morgan fingerprint density at radius 1 is 1.13 bits per heavy atom. The van der Waals surface area contributed by atoms with Crippen molar-refractivity contribution in [2.24, 2.45) is 0 Å². The summed E-state index contributed by atoms with van der Waals surface area (Å²) in [6.07, 6.45) is -1.96. The van der Waals surface area contributed by atoms with E-state index in [1.165, 1.54) is 0 Å². The van der Waals surface area contributed by atoms with Crippen molar-refractivity contribution in [1.29, 1.82) is 0 Å². The molecule has 0 fully saturated rings. The zero-order valence-corrected chi connectivity index (χ0v) is 9.57. The molecule has 4 heteroatoms. The fourth-order valence-electron chi connectivity index (χ4n) is 1.45. The van der Waals surface area contributed by atoms with Crippen LogP contribution in [0.2, 0.25) is 0 Å². The van der Waals surface area contributed by atoms with E-state index in [1.807, 2.05) is 6.92 Å². The molecule has 0 aliphatic heterocycles. The third kappa shape index (κ3) is 2.67. The van der Waals surface area contributed by atoms with Crippen LogP contribution in [0.4, 0.5) is 8.78 Å². The lowest BCUT2D eigenvalue weighted by molar-refractivity contribution is -0.0428. The van der Waals surface area contributed by atoms with E-state index in [4.69, 9.17) is 11.6 Å². The molecule has 0 bridgehead atoms. The van der Waals surface area contributed by atoms with Crippen LogP contribution in [0.3, 0.4) is 0 Å². The molecule has 0 saturated carbocycles. The molecule has 0 saturated heterocycles. The highest BCUT2D eigenvalue weighted by molar-refractivity contribution is 6.22. The maximum Gasteiger partial charge on any atom is 0.351 e. The Kier molecular flexibility index (Phi) is 3.36. The van der Waals surface area contributed by atoms with Gasteiger partial charge in [-0.2, -0.15) is 8.78 Å². The molecule has 0 aliphatic rings. The van der Waals surface area contributed by atoms with E-state index < -0.39 is 11.5 Å². The highest BCUT2D eigenvalue weighted by Crippen LogP contribution is 2.36. The summed E-state index contributed by atoms with van der Waals surface area (Å²) >= 11 is 4.80. The van der Waals surface area contributed by atoms with Crippen molar-refractivity contribution in [3.05, 3.63) is 34.4 Å². The maximum absolute atomic E-state index is 12.7. The lowest BCUT2D eigenvalue weighted by Crippen LogP contribution is -2.20. The summed E-state index contributed by atoms with van der Waals surface area (Å²) in [4.78, 5) is 0. The monoisotopic (exact) mass is 234 g/mol. The molecule has 0 heterocycles. The lowest BCUT2D eigenvalue weighted by atomic mass is 9.97. The zero-order chi connectivity index (χ0) is 11.8. The normalized spacial score (nSPS) is 14.1. The number of aryl methyl sites for hydroxylation is 3. The first-order chi connectivity index (χ1) is 6.73. The van der Waals surface area contributed by atoms with E-state index in [2.05, 4.69) is 0 Å². The van der Waals surface area contributed by atoms with Crippen LogP contribution >= 0.6 is 11.6 Å². The Bertz CT molecular complexity index is 372. The van der Waals surface area contributed by atoms with Gasteiger partial charge in [-0.25, -0.2) is 0 Å². The first-order valence-electron chi connectivity index (χ1n) is 4.56. The molecule has 0 radical (unpaired) electrons. The fourth-order valence-corrected chi connectivity index (χ4v) is 1.57. The van der Waals surface area contributed by atoms with Gasteiger partial charge >= 0.3 is 5.38 Å². The van der Waals surface area contributed by atoms with Crippen LogP contribution in [0.1, 0.15) is 28.4 Å². The topological polar surface area (TPSA) is 20.2 Å². The van der Waals surface area contributed by atoms with Crippen LogP contribution in [0.25, 0.3) is 0 Å². The number of hydrogen-bond acceptors (Lipinski definition) is 1. The third-order valence-corrected chi connectivity index (χ3v) is 2.69. The van der Waals surface area contributed by atoms with Crippen LogP contribution in [-0.4, -0.2) is 10.5 Å². The van der Waals surface area contributed by atoms with Gasteiger partial charge in [0.15, 0.2) is 6.10 Å². The van der Waals surface area contributed by atoms with E-state index in [9.17, 15) is 13.9 Å². The van der Waals surface area contributed by atoms with Gasteiger partial charge in [-0.3, -0.25) is 0 Å². The van der Waals surface area contributed by atoms with Crippen molar-refractivity contribution in [2.45, 2.75) is 32.3 Å². The van der Waals surface area contributed by atoms with E-state index in [0.717, 1.165) is 11.1 Å². The lowest BCUT2D eigenvalue weighted by Gasteiger charge is -2.19. The van der Waals surface area contributed by atoms with Gasteiger partial charge in [0.2, 0.25) is 0 Å². The van der Waals surface area contributed by atoms with Crippen molar-refractivity contribution in [2.75, 3.05) is 0 Å². The van der Waals surface area contributed by atoms with E-state index in [0.29, 0.717) is 5.56 Å². The molecule has 0 aromatic heterocycles. The van der Waals surface area contributed by atoms with Crippen LogP contribution < -0.4 is 0 Å². The molecule has 1 N–H and O–H groups in total. The molecule has 1 rings (SSSR count). The van der Waals surface area contributed by atoms with Crippen LogP contribution in [0.5, 0.6) is 0 Å². The van der Waals surface area contributed by atoms with E-state index in [-0.39, 0.29) is 5.56 Å². The Balaban J connectivity index is 3.21. The Hall–Kier alpha value is -0.670. The standard InChI is InChI=1S/C11H13ClF2O/c1-6-4-8(3)9(5-7(6)2)10(15)11(12,13)14/h4-5,10,15H,1-3H3. The molecule has 84 valence electrons. The number of alkyl halides is 3. The van der Waals surface area contributed by atoms with Crippen LogP contribution in [-0.2, 0) is 0 Å². The first kappa shape index (κ1) is 12.4. The van der Waals surface area contributed by atoms with Crippen molar-refractivity contribution in [3.8, 4) is 0 Å². The highest BCUT2D eigenvalue weighted by atomic mass is 35.5. The SMILES string of the molecule is Cc1cc(C)c(C(O)C(F)(F)Cl)cc1C. The maximum atomic E-state index is 12.7. The van der Waals surface area contributed by atoms with Gasteiger partial charge in [0.05, 0.1) is 0 Å². The van der Waals surface area contributed by atoms with E-state index in [1.54, 1.807) is 26.0 Å². The third-order valence-electron chi connectivity index (χ3n) is 2.49. The summed E-state index contributed by atoms with van der Waals surface area (Å²) in [5.74, 6) is 0. The average molecular weight is 235 g/mol. The van der Waals surface area contributed by atoms with Gasteiger partial charge in [0.25, 0.3) is 0 Å². The average Bonchev–Trinajstić information content (AvgIpc) is 2.08. The Morgan fingerprint density at radius 2 is 1.60 bits per heavy atom. The summed E-state index contributed by atoms with van der Waals surface area (Å²) in [5, 5.41) is 5.74. The van der Waals surface area contributed by atoms with Crippen molar-refractivity contribution < 1.29 is 13.9 Å². The molecule has 1 aromatic rings. The molecule has 1 nitrogen and oxygen atoms in total. The highest BCUT2D eigenvalue weighted by Gasteiger charge is 2.37. The number of halogens is 3. The Morgan fingerprint density at radius 3 is 2.07 bits per heavy atom. The number of rotatable bonds is 2. The van der Waals surface area contributed by atoms with Gasteiger partial charge in [-0.05, 0) is 54.6 Å². The minimum absolute atomic E-state index is 0.179. The molecule has 0 amide bonds. The van der Waals surface area contributed by atoms with Gasteiger partial charge in [-0.1, -0.05) is 12.1 Å². The fraction of sp³-hybridized carbons (Fsp3) is 0.455. The first-order valence-corrected chi connectivity index (χ1v) is 4.94. The Labute approximate surface area is 92.7 Å². The predicted molar refractivity (Wildman–Crippen MR) is 56.4 cm³/mol. The van der Waals surface area contributed by atoms with Gasteiger partial charge < -0.3 is 5.11 Å². The number of benzene rings is 1. The molecule has 1 atom stereocenters. The molecule has 0 spiro atoms. The van der Waals surface area contributed by atoms with Gasteiger partial charge in [0.1, 0.15) is 0 Å². The minimum Gasteiger partial charge on any atom is -0.381 e. The minimum atomic E-state index is -3.63. The van der Waals surface area contributed by atoms with Crippen molar-refractivity contribution >= 4 is 11.6 Å². The molecule has 0 aliphatic carbocycles. The second kappa shape index (κ2) is 4.06. The molecular formula is C11H13ClF2O. The molecule has 1 unspecified atom stereocenters. The summed E-state index contributed by atoms with van der Waals surface area (Å²) in [6, 6.07) is 3.31. The zero-order valence-electron chi connectivity index (χ0n) is 8.81. The summed E-state index contributed by atoms with van der Waals surface area (Å²) < 4.78 is 25.5. The van der Waals surface area contributed by atoms with Gasteiger partial charge in [0, 0.05) is 0 Å². The summed E-state index contributed by atoms with van der Waals surface area (Å²) in [6.45, 7) is 5.36. The number of hydrogen-bond donors (Lipinski definition) is 1. The quantitative estimate of drug-likeness (QED) is 0.777. The second-order valence-corrected chi connectivity index (χ2v) is 4.24. The smallest absolute Gasteiger partial charge is 0.351 e. The molecule has 1 aromatic carbocycles. The van der Waals surface area contributed by atoms with Crippen LogP contribution in [0, 0.1) is 20.8 Å². The van der Waals surface area contributed by atoms with Gasteiger partial charge in [-0.15, -0.1) is 0 Å². The summed E-state index contributed by atoms with van der Waals surface area (Å²) in [7, 11) is 0. The second-order valence-electron chi connectivity index (χ2n) is 3.74. The largest absolute Gasteiger partial charge is 0.381 e. The van der Waals surface area contributed by atoms with Crippen molar-refractivity contribution in [3.63, 3.8) is 0 Å². The number of aliphatic hydroxyl groups is 1. The number of aliphatic hydroxyl groups excluding tert-OH is 1. The van der Waals surface area contributed by atoms with Crippen LogP contribution in [0.15, 0.2) is 12.1 Å².